The Morgan fingerprint density at radius 3 is 2.85 bits per heavy atom. The molecule has 33 heavy (non-hydrogen) atoms. The molecule has 0 aliphatic carbocycles. The molecule has 6 heteroatoms. The Labute approximate surface area is 194 Å². The normalized spacial score (nSPS) is 16.2. The van der Waals surface area contributed by atoms with Gasteiger partial charge in [0.05, 0.1) is 48.9 Å². The number of nitrogens with one attached hydrogen (secondary N) is 3. The van der Waals surface area contributed by atoms with Crippen LogP contribution in [0.2, 0.25) is 0 Å². The van der Waals surface area contributed by atoms with Crippen molar-refractivity contribution in [2.45, 2.75) is 20.3 Å². The summed E-state index contributed by atoms with van der Waals surface area (Å²) in [5.74, 6) is 7.42. The third-order valence-electron chi connectivity index (χ3n) is 5.79. The quantitative estimate of drug-likeness (QED) is 0.453. The van der Waals surface area contributed by atoms with Gasteiger partial charge in [0.25, 0.3) is 5.91 Å². The predicted molar refractivity (Wildman–Crippen MR) is 132 cm³/mol. The topological polar surface area (TPSA) is 75.4 Å². The lowest BCUT2D eigenvalue weighted by atomic mass is 10.00. The molecule has 2 aliphatic rings. The standard InChI is InChI=1S/C27H29N3O3/c1-5-8-20(19(6-2)12-11-18-15-33-16-18)24-25(23-21(29-24)13-14-28-27(23)31)30-22-10-7-9-17(3)26(22)32-4/h5-10,18,29-30H,2,13-16H2,1,3-4H3,(H,28,31)/b8-5-,20-19-. The number of carbonyl (C=O) groups excluding carboxylic acids is 1. The van der Waals surface area contributed by atoms with E-state index < -0.39 is 0 Å². The summed E-state index contributed by atoms with van der Waals surface area (Å²) in [6.45, 7) is 9.87. The van der Waals surface area contributed by atoms with Crippen LogP contribution in [-0.2, 0) is 11.2 Å². The molecule has 0 spiro atoms. The summed E-state index contributed by atoms with van der Waals surface area (Å²) in [5.41, 5.74) is 6.47. The maximum absolute atomic E-state index is 12.9. The number of aromatic nitrogens is 1. The first-order valence-corrected chi connectivity index (χ1v) is 11.1. The first kappa shape index (κ1) is 22.5. The summed E-state index contributed by atoms with van der Waals surface area (Å²) in [4.78, 5) is 16.4. The Hall–Kier alpha value is -3.69. The lowest BCUT2D eigenvalue weighted by Gasteiger charge is -2.20. The van der Waals surface area contributed by atoms with Gasteiger partial charge >= 0.3 is 0 Å². The molecule has 6 nitrogen and oxygen atoms in total. The lowest BCUT2D eigenvalue weighted by molar-refractivity contribution is -0.00300. The summed E-state index contributed by atoms with van der Waals surface area (Å²) in [6.07, 6.45) is 6.44. The molecule has 0 unspecified atom stereocenters. The number of fused-ring (bicyclic) bond motifs is 1. The second-order valence-corrected chi connectivity index (χ2v) is 8.05. The average Bonchev–Trinajstić information content (AvgIpc) is 3.14. The van der Waals surface area contributed by atoms with Crippen molar-refractivity contribution < 1.29 is 14.3 Å². The van der Waals surface area contributed by atoms with Crippen LogP contribution in [0.5, 0.6) is 5.75 Å². The van der Waals surface area contributed by atoms with E-state index in [1.165, 1.54) is 0 Å². The number of H-pyrrole nitrogens is 1. The minimum absolute atomic E-state index is 0.106. The summed E-state index contributed by atoms with van der Waals surface area (Å²) in [6, 6.07) is 5.90. The number of hydrogen-bond donors (Lipinski definition) is 3. The van der Waals surface area contributed by atoms with Crippen LogP contribution in [0.4, 0.5) is 11.4 Å². The van der Waals surface area contributed by atoms with Gasteiger partial charge in [-0.05, 0) is 25.5 Å². The average molecular weight is 444 g/mol. The number of para-hydroxylation sites is 1. The molecule has 1 amide bonds. The Bertz CT molecular complexity index is 1200. The molecular weight excluding hydrogens is 414 g/mol. The summed E-state index contributed by atoms with van der Waals surface area (Å²) >= 11 is 0. The molecule has 1 saturated heterocycles. The molecule has 0 atom stereocenters. The monoisotopic (exact) mass is 443 g/mol. The lowest BCUT2D eigenvalue weighted by Crippen LogP contribution is -2.31. The van der Waals surface area contributed by atoms with E-state index in [-0.39, 0.29) is 11.8 Å². The molecule has 1 fully saturated rings. The van der Waals surface area contributed by atoms with Gasteiger partial charge in [-0.25, -0.2) is 0 Å². The molecule has 2 aromatic rings. The van der Waals surface area contributed by atoms with Gasteiger partial charge in [0.15, 0.2) is 0 Å². The van der Waals surface area contributed by atoms with Gasteiger partial charge in [-0.15, -0.1) is 0 Å². The smallest absolute Gasteiger partial charge is 0.255 e. The van der Waals surface area contributed by atoms with Crippen LogP contribution < -0.4 is 15.4 Å². The highest BCUT2D eigenvalue weighted by molar-refractivity contribution is 6.06. The molecule has 170 valence electrons. The van der Waals surface area contributed by atoms with Gasteiger partial charge in [0.2, 0.25) is 0 Å². The van der Waals surface area contributed by atoms with Crippen LogP contribution in [0.1, 0.15) is 34.2 Å². The highest BCUT2D eigenvalue weighted by Crippen LogP contribution is 2.39. The maximum atomic E-state index is 12.9. The third kappa shape index (κ3) is 4.46. The van der Waals surface area contributed by atoms with Crippen LogP contribution in [0, 0.1) is 24.7 Å². The number of amides is 1. The zero-order chi connectivity index (χ0) is 23.4. The van der Waals surface area contributed by atoms with E-state index in [2.05, 4.69) is 34.0 Å². The van der Waals surface area contributed by atoms with Gasteiger partial charge in [0, 0.05) is 29.8 Å². The Morgan fingerprint density at radius 1 is 1.36 bits per heavy atom. The fourth-order valence-electron chi connectivity index (χ4n) is 4.06. The molecule has 4 rings (SSSR count). The van der Waals surface area contributed by atoms with Crippen molar-refractivity contribution >= 4 is 22.9 Å². The molecule has 0 radical (unpaired) electrons. The van der Waals surface area contributed by atoms with E-state index in [1.54, 1.807) is 13.2 Å². The number of aryl methyl sites for hydroxylation is 1. The molecule has 3 heterocycles. The van der Waals surface area contributed by atoms with Crippen molar-refractivity contribution in [1.29, 1.82) is 0 Å². The Morgan fingerprint density at radius 2 is 2.18 bits per heavy atom. The Balaban J connectivity index is 1.91. The number of hydrogen-bond acceptors (Lipinski definition) is 4. The molecule has 0 saturated carbocycles. The number of rotatable bonds is 6. The molecule has 3 N–H and O–H groups in total. The zero-order valence-corrected chi connectivity index (χ0v) is 19.3. The van der Waals surface area contributed by atoms with Crippen molar-refractivity contribution in [2.75, 3.05) is 32.2 Å². The fraction of sp³-hybridized carbons (Fsp3) is 0.296. The van der Waals surface area contributed by atoms with Crippen LogP contribution in [0.3, 0.4) is 0 Å². The van der Waals surface area contributed by atoms with E-state index in [0.29, 0.717) is 31.0 Å². The van der Waals surface area contributed by atoms with Crippen LogP contribution >= 0.6 is 0 Å². The predicted octanol–water partition coefficient (Wildman–Crippen LogP) is 4.53. The van der Waals surface area contributed by atoms with Gasteiger partial charge in [-0.1, -0.05) is 48.8 Å². The number of ether oxygens (including phenoxy) is 2. The fourth-order valence-corrected chi connectivity index (χ4v) is 4.06. The molecule has 0 bridgehead atoms. The van der Waals surface area contributed by atoms with Gasteiger partial charge in [-0.2, -0.15) is 0 Å². The van der Waals surface area contributed by atoms with Gasteiger partial charge in [0.1, 0.15) is 5.75 Å². The number of allylic oxidation sites excluding steroid dienone is 5. The van der Waals surface area contributed by atoms with E-state index >= 15 is 0 Å². The van der Waals surface area contributed by atoms with Crippen LogP contribution in [0.25, 0.3) is 5.57 Å². The van der Waals surface area contributed by atoms with Crippen molar-refractivity contribution in [3.8, 4) is 17.6 Å². The summed E-state index contributed by atoms with van der Waals surface area (Å²) in [7, 11) is 1.65. The Kier molecular flexibility index (Phi) is 6.71. The molecule has 1 aromatic heterocycles. The summed E-state index contributed by atoms with van der Waals surface area (Å²) < 4.78 is 10.9. The number of aromatic amines is 1. The second-order valence-electron chi connectivity index (χ2n) is 8.05. The van der Waals surface area contributed by atoms with Gasteiger partial charge in [-0.3, -0.25) is 4.79 Å². The van der Waals surface area contributed by atoms with Gasteiger partial charge < -0.3 is 25.1 Å². The highest BCUT2D eigenvalue weighted by Gasteiger charge is 2.28. The maximum Gasteiger partial charge on any atom is 0.255 e. The second kappa shape index (κ2) is 9.85. The largest absolute Gasteiger partial charge is 0.494 e. The van der Waals surface area contributed by atoms with Crippen molar-refractivity contribution in [3.05, 3.63) is 71.1 Å². The van der Waals surface area contributed by atoms with Crippen LogP contribution in [0.15, 0.2) is 48.6 Å². The van der Waals surface area contributed by atoms with Crippen molar-refractivity contribution in [2.24, 2.45) is 5.92 Å². The first-order chi connectivity index (χ1) is 16.1. The SMILES string of the molecule is C=C/C(C#CC1COC1)=C(\C=C/C)c1[nH]c2c(c1Nc1cccc(C)c1OC)C(=O)NCC2. The third-order valence-corrected chi connectivity index (χ3v) is 5.79. The molecule has 1 aromatic carbocycles. The molecule has 2 aliphatic heterocycles. The van der Waals surface area contributed by atoms with E-state index in [9.17, 15) is 4.79 Å². The molecular formula is C27H29N3O3. The van der Waals surface area contributed by atoms with E-state index in [0.717, 1.165) is 46.0 Å². The minimum atomic E-state index is -0.106. The highest BCUT2D eigenvalue weighted by atomic mass is 16.5. The number of carbonyl (C=O) groups is 1. The zero-order valence-electron chi connectivity index (χ0n) is 19.3. The van der Waals surface area contributed by atoms with Crippen molar-refractivity contribution in [1.82, 2.24) is 10.3 Å². The van der Waals surface area contributed by atoms with Crippen molar-refractivity contribution in [3.63, 3.8) is 0 Å². The first-order valence-electron chi connectivity index (χ1n) is 11.1. The summed E-state index contributed by atoms with van der Waals surface area (Å²) in [5, 5.41) is 6.45. The number of methoxy groups -OCH3 is 1. The van der Waals surface area contributed by atoms with E-state index in [1.807, 2.05) is 44.2 Å². The minimum Gasteiger partial charge on any atom is -0.494 e. The van der Waals surface area contributed by atoms with Crippen LogP contribution in [-0.4, -0.2) is 37.8 Å². The number of anilines is 2. The number of benzene rings is 1. The van der Waals surface area contributed by atoms with E-state index in [4.69, 9.17) is 9.47 Å².